The van der Waals surface area contributed by atoms with Crippen LogP contribution in [-0.4, -0.2) is 21.5 Å². The van der Waals surface area contributed by atoms with Crippen molar-refractivity contribution in [3.05, 3.63) is 11.9 Å². The first-order chi connectivity index (χ1) is 6.54. The molecule has 1 N–H and O–H groups in total. The van der Waals surface area contributed by atoms with Crippen molar-refractivity contribution in [1.82, 2.24) is 20.3 Å². The fourth-order valence-corrected chi connectivity index (χ4v) is 0.970. The molecule has 0 unspecified atom stereocenters. The molecule has 76 valence electrons. The van der Waals surface area contributed by atoms with Crippen molar-refractivity contribution >= 4 is 0 Å². The zero-order chi connectivity index (χ0) is 10.6. The highest BCUT2D eigenvalue weighted by atomic mass is 15.4. The fraction of sp³-hybridized carbons (Fsp3) is 0.600. The summed E-state index contributed by atoms with van der Waals surface area (Å²) in [6.45, 7) is 7.48. The first-order valence-electron chi connectivity index (χ1n) is 4.60. The molecular formula is C10H16N4. The lowest BCUT2D eigenvalue weighted by Crippen LogP contribution is -2.22. The largest absolute Gasteiger partial charge is 0.300 e. The van der Waals surface area contributed by atoms with Gasteiger partial charge < -0.3 is 5.32 Å². The number of nitrogens with zero attached hydrogens (tertiary/aromatic N) is 3. The molecule has 1 heterocycles. The molecule has 0 fully saturated rings. The summed E-state index contributed by atoms with van der Waals surface area (Å²) in [5.74, 6) is 2.51. The van der Waals surface area contributed by atoms with Gasteiger partial charge in [-0.15, -0.1) is 11.5 Å². The van der Waals surface area contributed by atoms with Crippen LogP contribution in [0.5, 0.6) is 0 Å². The number of terminal acetylenes is 1. The van der Waals surface area contributed by atoms with E-state index >= 15 is 0 Å². The van der Waals surface area contributed by atoms with Crippen molar-refractivity contribution in [2.24, 2.45) is 0 Å². The topological polar surface area (TPSA) is 42.7 Å². The Balaban J connectivity index is 2.57. The number of nitrogens with one attached hydrogen (secondary N) is 1. The standard InChI is InChI=1S/C10H16N4/c1-5-6-11-7-9-8-14(13-12-9)10(2,3)4/h1,8,11H,6-7H2,2-4H3. The van der Waals surface area contributed by atoms with Crippen LogP contribution in [0, 0.1) is 12.3 Å². The second-order valence-electron chi connectivity index (χ2n) is 4.13. The lowest BCUT2D eigenvalue weighted by Gasteiger charge is -2.17. The van der Waals surface area contributed by atoms with Gasteiger partial charge in [0, 0.05) is 6.54 Å². The van der Waals surface area contributed by atoms with Gasteiger partial charge in [0.05, 0.1) is 24.0 Å². The van der Waals surface area contributed by atoms with Gasteiger partial charge in [-0.05, 0) is 20.8 Å². The zero-order valence-corrected chi connectivity index (χ0v) is 8.91. The van der Waals surface area contributed by atoms with Crippen LogP contribution in [0.4, 0.5) is 0 Å². The van der Waals surface area contributed by atoms with Crippen LogP contribution < -0.4 is 5.32 Å². The average molecular weight is 192 g/mol. The third-order valence-electron chi connectivity index (χ3n) is 1.76. The van der Waals surface area contributed by atoms with E-state index in [0.717, 1.165) is 5.69 Å². The van der Waals surface area contributed by atoms with Gasteiger partial charge in [0.1, 0.15) is 0 Å². The summed E-state index contributed by atoms with van der Waals surface area (Å²) < 4.78 is 1.85. The Morgan fingerprint density at radius 3 is 2.79 bits per heavy atom. The van der Waals surface area contributed by atoms with Gasteiger partial charge in [-0.1, -0.05) is 11.1 Å². The highest BCUT2D eigenvalue weighted by molar-refractivity contribution is 4.95. The molecule has 0 aliphatic carbocycles. The molecule has 0 aliphatic heterocycles. The summed E-state index contributed by atoms with van der Waals surface area (Å²) in [6.07, 6.45) is 7.05. The molecular weight excluding hydrogens is 176 g/mol. The summed E-state index contributed by atoms with van der Waals surface area (Å²) in [5.41, 5.74) is 0.896. The molecule has 0 saturated heterocycles. The second-order valence-corrected chi connectivity index (χ2v) is 4.13. The summed E-state index contributed by atoms with van der Waals surface area (Å²) in [6, 6.07) is 0. The first-order valence-corrected chi connectivity index (χ1v) is 4.60. The molecule has 1 aromatic rings. The third-order valence-corrected chi connectivity index (χ3v) is 1.76. The summed E-state index contributed by atoms with van der Waals surface area (Å²) in [4.78, 5) is 0. The molecule has 0 aromatic carbocycles. The Hall–Kier alpha value is -1.34. The Morgan fingerprint density at radius 2 is 2.29 bits per heavy atom. The maximum absolute atomic E-state index is 5.11. The van der Waals surface area contributed by atoms with Crippen molar-refractivity contribution in [3.63, 3.8) is 0 Å². The normalized spacial score (nSPS) is 11.3. The molecule has 14 heavy (non-hydrogen) atoms. The highest BCUT2D eigenvalue weighted by Crippen LogP contribution is 2.11. The minimum Gasteiger partial charge on any atom is -0.300 e. The summed E-state index contributed by atoms with van der Waals surface area (Å²) in [7, 11) is 0. The van der Waals surface area contributed by atoms with E-state index in [0.29, 0.717) is 13.1 Å². The maximum atomic E-state index is 5.11. The van der Waals surface area contributed by atoms with E-state index in [2.05, 4.69) is 42.3 Å². The molecule has 0 saturated carbocycles. The Bertz CT molecular complexity index is 327. The predicted molar refractivity (Wildman–Crippen MR) is 55.6 cm³/mol. The van der Waals surface area contributed by atoms with Gasteiger partial charge in [0.2, 0.25) is 0 Å². The fourth-order valence-electron chi connectivity index (χ4n) is 0.970. The van der Waals surface area contributed by atoms with E-state index in [1.807, 2.05) is 10.9 Å². The molecule has 0 spiro atoms. The Morgan fingerprint density at radius 1 is 1.57 bits per heavy atom. The zero-order valence-electron chi connectivity index (χ0n) is 8.91. The predicted octanol–water partition coefficient (Wildman–Crippen LogP) is 0.756. The molecule has 0 aliphatic rings. The van der Waals surface area contributed by atoms with Gasteiger partial charge in [-0.2, -0.15) is 0 Å². The number of rotatable bonds is 3. The van der Waals surface area contributed by atoms with E-state index in [1.165, 1.54) is 0 Å². The molecule has 0 amide bonds. The smallest absolute Gasteiger partial charge is 0.0965 e. The van der Waals surface area contributed by atoms with Gasteiger partial charge in [-0.3, -0.25) is 0 Å². The van der Waals surface area contributed by atoms with Gasteiger partial charge in [-0.25, -0.2) is 4.68 Å². The van der Waals surface area contributed by atoms with Crippen molar-refractivity contribution in [2.45, 2.75) is 32.9 Å². The van der Waals surface area contributed by atoms with E-state index in [4.69, 9.17) is 6.42 Å². The Labute approximate surface area is 84.7 Å². The van der Waals surface area contributed by atoms with E-state index in [9.17, 15) is 0 Å². The van der Waals surface area contributed by atoms with Crippen molar-refractivity contribution in [1.29, 1.82) is 0 Å². The minimum absolute atomic E-state index is 0.0165. The molecule has 0 bridgehead atoms. The summed E-state index contributed by atoms with van der Waals surface area (Å²) in [5, 5.41) is 11.1. The number of hydrogen-bond donors (Lipinski definition) is 1. The van der Waals surface area contributed by atoms with Crippen molar-refractivity contribution in [2.75, 3.05) is 6.54 Å². The molecule has 4 nitrogen and oxygen atoms in total. The molecule has 1 aromatic heterocycles. The molecule has 4 heteroatoms. The van der Waals surface area contributed by atoms with Gasteiger partial charge >= 0.3 is 0 Å². The molecule has 0 radical (unpaired) electrons. The SMILES string of the molecule is C#CCNCc1cn(C(C)(C)C)nn1. The minimum atomic E-state index is -0.0165. The van der Waals surface area contributed by atoms with Crippen LogP contribution in [0.25, 0.3) is 0 Å². The average Bonchev–Trinajstić information content (AvgIpc) is 2.52. The highest BCUT2D eigenvalue weighted by Gasteiger charge is 2.14. The van der Waals surface area contributed by atoms with E-state index in [-0.39, 0.29) is 5.54 Å². The van der Waals surface area contributed by atoms with E-state index < -0.39 is 0 Å². The van der Waals surface area contributed by atoms with Crippen LogP contribution in [-0.2, 0) is 12.1 Å². The van der Waals surface area contributed by atoms with Gasteiger partial charge in [0.25, 0.3) is 0 Å². The number of hydrogen-bond acceptors (Lipinski definition) is 3. The van der Waals surface area contributed by atoms with Crippen molar-refractivity contribution in [3.8, 4) is 12.3 Å². The summed E-state index contributed by atoms with van der Waals surface area (Å²) >= 11 is 0. The lowest BCUT2D eigenvalue weighted by molar-refractivity contribution is 0.347. The van der Waals surface area contributed by atoms with E-state index in [1.54, 1.807) is 0 Å². The second kappa shape index (κ2) is 4.25. The molecule has 0 atom stereocenters. The quantitative estimate of drug-likeness (QED) is 0.568. The van der Waals surface area contributed by atoms with Crippen molar-refractivity contribution < 1.29 is 0 Å². The maximum Gasteiger partial charge on any atom is 0.0965 e. The first kappa shape index (κ1) is 10.7. The lowest BCUT2D eigenvalue weighted by atomic mass is 10.1. The molecule has 1 rings (SSSR count). The van der Waals surface area contributed by atoms with Crippen LogP contribution in [0.1, 0.15) is 26.5 Å². The Kier molecular flexibility index (Phi) is 3.26. The van der Waals surface area contributed by atoms with Crippen LogP contribution in [0.15, 0.2) is 6.20 Å². The third kappa shape index (κ3) is 2.86. The number of aromatic nitrogens is 3. The van der Waals surface area contributed by atoms with Crippen LogP contribution in [0.3, 0.4) is 0 Å². The van der Waals surface area contributed by atoms with Gasteiger partial charge in [0.15, 0.2) is 0 Å². The van der Waals surface area contributed by atoms with Crippen LogP contribution >= 0.6 is 0 Å². The van der Waals surface area contributed by atoms with Crippen LogP contribution in [0.2, 0.25) is 0 Å². The monoisotopic (exact) mass is 192 g/mol.